The van der Waals surface area contributed by atoms with Gasteiger partial charge in [-0.15, -0.1) is 0 Å². The van der Waals surface area contributed by atoms with Gasteiger partial charge < -0.3 is 5.73 Å². The minimum Gasteiger partial charge on any atom is -0.398 e. The van der Waals surface area contributed by atoms with E-state index < -0.39 is 0 Å². The number of benzene rings is 2. The van der Waals surface area contributed by atoms with E-state index in [2.05, 4.69) is 15.9 Å². The summed E-state index contributed by atoms with van der Waals surface area (Å²) in [4.78, 5) is 12.4. The van der Waals surface area contributed by atoms with Crippen LogP contribution in [0, 0.1) is 13.8 Å². The van der Waals surface area contributed by atoms with Crippen molar-refractivity contribution in [2.45, 2.75) is 13.8 Å². The summed E-state index contributed by atoms with van der Waals surface area (Å²) in [6.07, 6.45) is 0. The van der Waals surface area contributed by atoms with Crippen molar-refractivity contribution in [1.29, 1.82) is 0 Å². The molecule has 2 N–H and O–H groups in total. The number of anilines is 1. The van der Waals surface area contributed by atoms with Crippen molar-refractivity contribution in [3.8, 4) is 0 Å². The second kappa shape index (κ2) is 4.94. The molecular formula is C15H14BrNO. The number of aryl methyl sites for hydroxylation is 1. The lowest BCUT2D eigenvalue weighted by atomic mass is 9.96. The SMILES string of the molecule is Cc1cccc(C(=O)c2ccc(N)c(Br)c2)c1C. The van der Waals surface area contributed by atoms with Crippen LogP contribution in [0.3, 0.4) is 0 Å². The standard InChI is InChI=1S/C15H14BrNO/c1-9-4-3-5-12(10(9)2)15(18)11-6-7-14(17)13(16)8-11/h3-8H,17H2,1-2H3. The van der Waals surface area contributed by atoms with Crippen LogP contribution in [-0.4, -0.2) is 5.78 Å². The zero-order chi connectivity index (χ0) is 13.3. The van der Waals surface area contributed by atoms with Gasteiger partial charge in [0.2, 0.25) is 0 Å². The molecule has 0 aliphatic rings. The van der Waals surface area contributed by atoms with E-state index in [0.717, 1.165) is 21.2 Å². The molecular weight excluding hydrogens is 290 g/mol. The number of rotatable bonds is 2. The topological polar surface area (TPSA) is 43.1 Å². The Morgan fingerprint density at radius 1 is 1.17 bits per heavy atom. The van der Waals surface area contributed by atoms with Crippen LogP contribution in [0.1, 0.15) is 27.0 Å². The quantitative estimate of drug-likeness (QED) is 0.676. The molecule has 3 heteroatoms. The number of carbonyl (C=O) groups excluding carboxylic acids is 1. The van der Waals surface area contributed by atoms with Crippen molar-refractivity contribution in [2.24, 2.45) is 0 Å². The molecule has 0 amide bonds. The molecule has 2 aromatic carbocycles. The van der Waals surface area contributed by atoms with E-state index in [0.29, 0.717) is 11.3 Å². The van der Waals surface area contributed by atoms with Crippen molar-refractivity contribution in [1.82, 2.24) is 0 Å². The molecule has 0 saturated carbocycles. The molecule has 18 heavy (non-hydrogen) atoms. The summed E-state index contributed by atoms with van der Waals surface area (Å²) in [5.74, 6) is 0.0249. The molecule has 0 aromatic heterocycles. The van der Waals surface area contributed by atoms with Crippen molar-refractivity contribution < 1.29 is 4.79 Å². The molecule has 0 bridgehead atoms. The van der Waals surface area contributed by atoms with E-state index in [1.165, 1.54) is 0 Å². The Bertz CT molecular complexity index is 620. The third-order valence-electron chi connectivity index (χ3n) is 3.11. The largest absolute Gasteiger partial charge is 0.398 e. The highest BCUT2D eigenvalue weighted by molar-refractivity contribution is 9.10. The number of nitrogen functional groups attached to an aromatic ring is 1. The van der Waals surface area contributed by atoms with Crippen LogP contribution in [0.2, 0.25) is 0 Å². The molecule has 2 nitrogen and oxygen atoms in total. The molecule has 0 unspecified atom stereocenters. The van der Waals surface area contributed by atoms with Crippen LogP contribution < -0.4 is 5.73 Å². The Morgan fingerprint density at radius 3 is 2.56 bits per heavy atom. The maximum Gasteiger partial charge on any atom is 0.193 e. The fourth-order valence-corrected chi connectivity index (χ4v) is 2.20. The molecule has 0 aliphatic heterocycles. The fraction of sp³-hybridized carbons (Fsp3) is 0.133. The first-order valence-electron chi connectivity index (χ1n) is 5.66. The summed E-state index contributed by atoms with van der Waals surface area (Å²) in [5, 5.41) is 0. The molecule has 0 heterocycles. The summed E-state index contributed by atoms with van der Waals surface area (Å²) in [7, 11) is 0. The van der Waals surface area contributed by atoms with E-state index >= 15 is 0 Å². The van der Waals surface area contributed by atoms with E-state index in [1.54, 1.807) is 18.2 Å². The predicted octanol–water partition coefficient (Wildman–Crippen LogP) is 3.88. The molecule has 0 atom stereocenters. The summed E-state index contributed by atoms with van der Waals surface area (Å²) < 4.78 is 0.749. The van der Waals surface area contributed by atoms with Crippen molar-refractivity contribution in [3.63, 3.8) is 0 Å². The summed E-state index contributed by atoms with van der Waals surface area (Å²) in [6.45, 7) is 3.97. The minimum absolute atomic E-state index is 0.0249. The highest BCUT2D eigenvalue weighted by Gasteiger charge is 2.13. The van der Waals surface area contributed by atoms with Crippen molar-refractivity contribution in [2.75, 3.05) is 5.73 Å². The van der Waals surface area contributed by atoms with Gasteiger partial charge in [-0.25, -0.2) is 0 Å². The van der Waals surface area contributed by atoms with Gasteiger partial charge in [0.15, 0.2) is 5.78 Å². The smallest absolute Gasteiger partial charge is 0.193 e. The minimum atomic E-state index is 0.0249. The lowest BCUT2D eigenvalue weighted by Gasteiger charge is -2.08. The van der Waals surface area contributed by atoms with Crippen molar-refractivity contribution >= 4 is 27.4 Å². The Labute approximate surface area is 115 Å². The summed E-state index contributed by atoms with van der Waals surface area (Å²) in [5.41, 5.74) is 9.89. The molecule has 0 radical (unpaired) electrons. The average molecular weight is 304 g/mol. The molecule has 2 aromatic rings. The number of ketones is 1. The summed E-state index contributed by atoms with van der Waals surface area (Å²) in [6, 6.07) is 11.0. The van der Waals surface area contributed by atoms with Crippen LogP contribution in [0.4, 0.5) is 5.69 Å². The van der Waals surface area contributed by atoms with Gasteiger partial charge in [0, 0.05) is 21.3 Å². The van der Waals surface area contributed by atoms with Gasteiger partial charge in [-0.05, 0) is 59.1 Å². The maximum atomic E-state index is 12.4. The van der Waals surface area contributed by atoms with Crippen LogP contribution in [-0.2, 0) is 0 Å². The Morgan fingerprint density at radius 2 is 1.89 bits per heavy atom. The Hall–Kier alpha value is -1.61. The lowest BCUT2D eigenvalue weighted by Crippen LogP contribution is -2.05. The second-order valence-corrected chi connectivity index (χ2v) is 5.17. The van der Waals surface area contributed by atoms with Gasteiger partial charge in [-0.1, -0.05) is 18.2 Å². The van der Waals surface area contributed by atoms with Gasteiger partial charge >= 0.3 is 0 Å². The van der Waals surface area contributed by atoms with Gasteiger partial charge in [0.25, 0.3) is 0 Å². The third-order valence-corrected chi connectivity index (χ3v) is 3.80. The zero-order valence-corrected chi connectivity index (χ0v) is 11.9. The molecule has 0 spiro atoms. The van der Waals surface area contributed by atoms with Gasteiger partial charge in [0.1, 0.15) is 0 Å². The number of hydrogen-bond donors (Lipinski definition) is 1. The van der Waals surface area contributed by atoms with Crippen LogP contribution >= 0.6 is 15.9 Å². The van der Waals surface area contributed by atoms with Crippen LogP contribution in [0.25, 0.3) is 0 Å². The number of halogens is 1. The average Bonchev–Trinajstić information content (AvgIpc) is 2.35. The summed E-state index contributed by atoms with van der Waals surface area (Å²) >= 11 is 3.34. The molecule has 0 fully saturated rings. The normalized spacial score (nSPS) is 10.4. The van der Waals surface area contributed by atoms with Crippen LogP contribution in [0.5, 0.6) is 0 Å². The second-order valence-electron chi connectivity index (χ2n) is 4.31. The predicted molar refractivity (Wildman–Crippen MR) is 77.9 cm³/mol. The number of nitrogens with two attached hydrogens (primary N) is 1. The molecule has 0 saturated heterocycles. The number of carbonyl (C=O) groups is 1. The number of hydrogen-bond acceptors (Lipinski definition) is 2. The van der Waals surface area contributed by atoms with Crippen molar-refractivity contribution in [3.05, 3.63) is 63.1 Å². The van der Waals surface area contributed by atoms with Gasteiger partial charge in [-0.2, -0.15) is 0 Å². The molecule has 2 rings (SSSR count). The van der Waals surface area contributed by atoms with Gasteiger partial charge in [0.05, 0.1) is 0 Å². The van der Waals surface area contributed by atoms with E-state index in [-0.39, 0.29) is 5.78 Å². The molecule has 92 valence electrons. The Balaban J connectivity index is 2.48. The Kier molecular flexibility index (Phi) is 3.53. The highest BCUT2D eigenvalue weighted by atomic mass is 79.9. The monoisotopic (exact) mass is 303 g/mol. The van der Waals surface area contributed by atoms with E-state index in [1.807, 2.05) is 32.0 Å². The molecule has 0 aliphatic carbocycles. The fourth-order valence-electron chi connectivity index (χ4n) is 1.82. The van der Waals surface area contributed by atoms with E-state index in [4.69, 9.17) is 5.73 Å². The first-order valence-corrected chi connectivity index (χ1v) is 6.46. The highest BCUT2D eigenvalue weighted by Crippen LogP contribution is 2.23. The van der Waals surface area contributed by atoms with Gasteiger partial charge in [-0.3, -0.25) is 4.79 Å². The maximum absolute atomic E-state index is 12.4. The first kappa shape index (κ1) is 12.8. The van der Waals surface area contributed by atoms with Crippen LogP contribution in [0.15, 0.2) is 40.9 Å². The zero-order valence-electron chi connectivity index (χ0n) is 10.3. The van der Waals surface area contributed by atoms with E-state index in [9.17, 15) is 4.79 Å². The first-order chi connectivity index (χ1) is 8.50. The third kappa shape index (κ3) is 2.31. The lowest BCUT2D eigenvalue weighted by molar-refractivity contribution is 0.103.